The molecule has 2 aromatic rings. The number of nitrogens with zero attached hydrogens (tertiary/aromatic N) is 4. The Morgan fingerprint density at radius 3 is 2.62 bits per heavy atom. The van der Waals surface area contributed by atoms with Crippen molar-refractivity contribution < 1.29 is 24.8 Å². The summed E-state index contributed by atoms with van der Waals surface area (Å²) in [5.41, 5.74) is 1.27. The highest BCUT2D eigenvalue weighted by Gasteiger charge is 2.45. The minimum atomic E-state index is -0.912. The van der Waals surface area contributed by atoms with Gasteiger partial charge in [0, 0.05) is 13.7 Å². The van der Waals surface area contributed by atoms with Gasteiger partial charge in [0.1, 0.15) is 35.1 Å². The fraction of sp³-hybridized carbons (Fsp3) is 0.643. The summed E-state index contributed by atoms with van der Waals surface area (Å²) in [5.74, 6) is 0. The number of fused-ring (bicyclic) bond motifs is 1. The number of aromatic nitrogens is 4. The fourth-order valence-corrected chi connectivity index (χ4v) is 3.04. The molecule has 134 valence electrons. The average Bonchev–Trinajstić information content (AvgIpc) is 3.15. The fourth-order valence-electron chi connectivity index (χ4n) is 2.55. The molecule has 1 aliphatic heterocycles. The number of aliphatic hydroxyl groups excluding tert-OH is 3. The van der Waals surface area contributed by atoms with E-state index in [9.17, 15) is 10.2 Å². The number of hydrogen-bond donors (Lipinski definition) is 3. The van der Waals surface area contributed by atoms with Crippen molar-refractivity contribution >= 4 is 22.9 Å². The van der Waals surface area contributed by atoms with E-state index < -0.39 is 24.5 Å². The van der Waals surface area contributed by atoms with Crippen LogP contribution in [0.25, 0.3) is 11.2 Å². The zero-order valence-electron chi connectivity index (χ0n) is 13.7. The Balaban J connectivity index is 0.000000647. The van der Waals surface area contributed by atoms with E-state index in [0.29, 0.717) is 11.2 Å². The third-order valence-corrected chi connectivity index (χ3v) is 4.26. The Morgan fingerprint density at radius 1 is 1.33 bits per heavy atom. The van der Waals surface area contributed by atoms with Crippen molar-refractivity contribution in [2.75, 3.05) is 26.6 Å². The largest absolute Gasteiger partial charge is 0.397 e. The normalized spacial score (nSPS) is 26.4. The van der Waals surface area contributed by atoms with Gasteiger partial charge in [-0.2, -0.15) is 0 Å². The van der Waals surface area contributed by atoms with E-state index in [0.717, 1.165) is 5.03 Å². The van der Waals surface area contributed by atoms with Crippen molar-refractivity contribution in [3.8, 4) is 0 Å². The molecule has 0 saturated carbocycles. The lowest BCUT2D eigenvalue weighted by molar-refractivity contribution is -0.136. The van der Waals surface area contributed by atoms with Crippen LogP contribution < -0.4 is 0 Å². The third kappa shape index (κ3) is 3.53. The Bertz CT molecular complexity index is 653. The van der Waals surface area contributed by atoms with Crippen LogP contribution in [-0.2, 0) is 9.47 Å². The van der Waals surface area contributed by atoms with Crippen molar-refractivity contribution in [2.45, 2.75) is 36.5 Å². The van der Waals surface area contributed by atoms with E-state index in [-0.39, 0.29) is 13.2 Å². The van der Waals surface area contributed by atoms with Gasteiger partial charge in [-0.25, -0.2) is 15.0 Å². The summed E-state index contributed by atoms with van der Waals surface area (Å²) in [4.78, 5) is 12.7. The maximum absolute atomic E-state index is 10.3. The molecule has 0 aliphatic carbocycles. The Kier molecular flexibility index (Phi) is 6.90. The van der Waals surface area contributed by atoms with Crippen LogP contribution in [0.3, 0.4) is 0 Å². The zero-order chi connectivity index (χ0) is 17.7. The van der Waals surface area contributed by atoms with Gasteiger partial charge in [0.05, 0.1) is 12.9 Å². The van der Waals surface area contributed by atoms with Gasteiger partial charge in [-0.15, -0.1) is 11.8 Å². The van der Waals surface area contributed by atoms with Crippen LogP contribution in [0.4, 0.5) is 0 Å². The second-order valence-corrected chi connectivity index (χ2v) is 5.76. The monoisotopic (exact) mass is 358 g/mol. The van der Waals surface area contributed by atoms with Crippen LogP contribution >= 0.6 is 11.8 Å². The van der Waals surface area contributed by atoms with Gasteiger partial charge in [0.2, 0.25) is 0 Å². The molecule has 1 saturated heterocycles. The first kappa shape index (κ1) is 19.0. The molecule has 1 fully saturated rings. The summed E-state index contributed by atoms with van der Waals surface area (Å²) in [6, 6.07) is -0.526. The van der Waals surface area contributed by atoms with E-state index in [1.54, 1.807) is 17.8 Å². The van der Waals surface area contributed by atoms with Gasteiger partial charge >= 0.3 is 0 Å². The predicted molar refractivity (Wildman–Crippen MR) is 87.7 cm³/mol. The van der Waals surface area contributed by atoms with Crippen molar-refractivity contribution in [3.63, 3.8) is 0 Å². The molecule has 9 nitrogen and oxygen atoms in total. The molecule has 2 aromatic heterocycles. The van der Waals surface area contributed by atoms with Crippen molar-refractivity contribution in [3.05, 3.63) is 12.7 Å². The van der Waals surface area contributed by atoms with Crippen molar-refractivity contribution in [1.29, 1.82) is 0 Å². The molecule has 0 spiro atoms. The third-order valence-electron chi connectivity index (χ3n) is 3.57. The van der Waals surface area contributed by atoms with Crippen LogP contribution in [0, 0.1) is 0 Å². The molecule has 4 unspecified atom stereocenters. The molecule has 3 N–H and O–H groups in total. The lowest BCUT2D eigenvalue weighted by Gasteiger charge is -2.20. The Morgan fingerprint density at radius 2 is 2.04 bits per heavy atom. The maximum atomic E-state index is 10.3. The van der Waals surface area contributed by atoms with Crippen molar-refractivity contribution in [1.82, 2.24) is 19.5 Å². The van der Waals surface area contributed by atoms with Crippen LogP contribution in [0.5, 0.6) is 0 Å². The van der Waals surface area contributed by atoms with Gasteiger partial charge in [-0.3, -0.25) is 0 Å². The van der Waals surface area contributed by atoms with Gasteiger partial charge in [-0.1, -0.05) is 0 Å². The Labute approximate surface area is 143 Å². The smallest absolute Gasteiger partial charge is 0.181 e. The molecule has 3 heterocycles. The highest BCUT2D eigenvalue weighted by Crippen LogP contribution is 2.34. The first-order chi connectivity index (χ1) is 11.6. The highest BCUT2D eigenvalue weighted by atomic mass is 32.2. The zero-order valence-corrected chi connectivity index (χ0v) is 14.6. The molecule has 1 aliphatic rings. The van der Waals surface area contributed by atoms with Crippen LogP contribution in [0.15, 0.2) is 17.7 Å². The van der Waals surface area contributed by atoms with Gasteiger partial charge < -0.3 is 29.4 Å². The number of methoxy groups -OCH3 is 1. The van der Waals surface area contributed by atoms with Crippen LogP contribution in [-0.4, -0.2) is 79.9 Å². The number of hydrogen-bond acceptors (Lipinski definition) is 9. The number of aliphatic hydroxyl groups is 3. The topological polar surface area (TPSA) is 123 Å². The maximum Gasteiger partial charge on any atom is 0.181 e. The van der Waals surface area contributed by atoms with Gasteiger partial charge in [0.25, 0.3) is 0 Å². The van der Waals surface area contributed by atoms with Gasteiger partial charge in [0.15, 0.2) is 11.9 Å². The molecule has 10 heteroatoms. The minimum absolute atomic E-state index is 0.250. The summed E-state index contributed by atoms with van der Waals surface area (Å²) < 4.78 is 12.5. The standard InChI is InChI=1S/C12H16N4O4S.C2H6O/c1-19-12-8(9(18)6(3-17)20-12)16-5-15-7-10(16)13-4-14-11(7)21-2;1-2-3/h4-6,8-9,12,17-18H,3H2,1-2H3;3H,2H2,1H3. The second kappa shape index (κ2) is 8.70. The molecule has 24 heavy (non-hydrogen) atoms. The van der Waals surface area contributed by atoms with E-state index in [1.165, 1.54) is 25.2 Å². The molecular weight excluding hydrogens is 336 g/mol. The summed E-state index contributed by atoms with van der Waals surface area (Å²) in [6.45, 7) is 1.65. The number of rotatable bonds is 4. The van der Waals surface area contributed by atoms with E-state index in [4.69, 9.17) is 14.6 Å². The molecule has 0 amide bonds. The number of imidazole rings is 1. The van der Waals surface area contributed by atoms with Crippen LogP contribution in [0.1, 0.15) is 13.0 Å². The SMILES string of the molecule is CCO.COC1OC(CO)C(O)C1n1cnc2c(SC)ncnc21. The average molecular weight is 358 g/mol. The van der Waals surface area contributed by atoms with Crippen molar-refractivity contribution in [2.24, 2.45) is 0 Å². The van der Waals surface area contributed by atoms with E-state index in [2.05, 4.69) is 15.0 Å². The number of ether oxygens (including phenoxy) is 2. The van der Waals surface area contributed by atoms with E-state index >= 15 is 0 Å². The number of thioether (sulfide) groups is 1. The molecule has 3 rings (SSSR count). The molecular formula is C14H22N4O5S. The first-order valence-electron chi connectivity index (χ1n) is 7.42. The lowest BCUT2D eigenvalue weighted by Crippen LogP contribution is -2.32. The summed E-state index contributed by atoms with van der Waals surface area (Å²) in [6.07, 6.45) is 2.67. The summed E-state index contributed by atoms with van der Waals surface area (Å²) in [5, 5.41) is 27.9. The first-order valence-corrected chi connectivity index (χ1v) is 8.64. The minimum Gasteiger partial charge on any atom is -0.397 e. The highest BCUT2D eigenvalue weighted by molar-refractivity contribution is 7.98. The quantitative estimate of drug-likeness (QED) is 0.504. The molecule has 0 bridgehead atoms. The molecule has 0 aromatic carbocycles. The summed E-state index contributed by atoms with van der Waals surface area (Å²) >= 11 is 1.47. The Hall–Kier alpha value is -1.30. The second-order valence-electron chi connectivity index (χ2n) is 4.97. The summed E-state index contributed by atoms with van der Waals surface area (Å²) in [7, 11) is 1.49. The van der Waals surface area contributed by atoms with Crippen LogP contribution in [0.2, 0.25) is 0 Å². The lowest BCUT2D eigenvalue weighted by atomic mass is 10.1. The van der Waals surface area contributed by atoms with E-state index in [1.807, 2.05) is 6.26 Å². The van der Waals surface area contributed by atoms with Gasteiger partial charge in [-0.05, 0) is 13.2 Å². The predicted octanol–water partition coefficient (Wildman–Crippen LogP) is -0.188. The molecule has 4 atom stereocenters. The molecule has 0 radical (unpaired) electrons.